The first-order chi connectivity index (χ1) is 18.6. The zero-order valence-electron chi connectivity index (χ0n) is 22.5. The molecule has 1 spiro atoms. The molecular formula is C34H40N4. The lowest BCUT2D eigenvalue weighted by molar-refractivity contribution is 0.144. The van der Waals surface area contributed by atoms with E-state index in [4.69, 9.17) is 5.73 Å². The van der Waals surface area contributed by atoms with Crippen molar-refractivity contribution in [3.63, 3.8) is 0 Å². The molecule has 0 radical (unpaired) electrons. The fourth-order valence-electron chi connectivity index (χ4n) is 6.93. The van der Waals surface area contributed by atoms with E-state index in [1.165, 1.54) is 42.1 Å². The number of nitrogens with one attached hydrogen (secondary N) is 2. The third kappa shape index (κ3) is 4.68. The number of likely N-dealkylation sites (tertiary alicyclic amines) is 1. The van der Waals surface area contributed by atoms with Crippen molar-refractivity contribution in [2.24, 2.45) is 5.73 Å². The van der Waals surface area contributed by atoms with Crippen LogP contribution in [0.1, 0.15) is 59.9 Å². The van der Waals surface area contributed by atoms with E-state index in [1.807, 2.05) is 0 Å². The maximum Gasteiger partial charge on any atom is 0.0456 e. The molecular weight excluding hydrogens is 464 g/mol. The highest BCUT2D eigenvalue weighted by Crippen LogP contribution is 2.46. The number of aryl methyl sites for hydroxylation is 1. The van der Waals surface area contributed by atoms with Crippen molar-refractivity contribution >= 4 is 16.6 Å². The average Bonchev–Trinajstić information content (AvgIpc) is 3.56. The Morgan fingerprint density at radius 3 is 2.66 bits per heavy atom. The Morgan fingerprint density at radius 1 is 1.03 bits per heavy atom. The highest BCUT2D eigenvalue weighted by atomic mass is 15.2. The summed E-state index contributed by atoms with van der Waals surface area (Å²) in [5.74, 6) is 0.309. The van der Waals surface area contributed by atoms with Crippen LogP contribution in [0.4, 0.5) is 0 Å². The molecule has 0 amide bonds. The van der Waals surface area contributed by atoms with Gasteiger partial charge in [-0.2, -0.15) is 0 Å². The molecule has 4 nitrogen and oxygen atoms in total. The Hall–Kier alpha value is -3.34. The van der Waals surface area contributed by atoms with Gasteiger partial charge >= 0.3 is 0 Å². The molecule has 2 aliphatic rings. The van der Waals surface area contributed by atoms with Crippen molar-refractivity contribution in [1.82, 2.24) is 15.2 Å². The van der Waals surface area contributed by atoms with Gasteiger partial charge in [0.2, 0.25) is 0 Å². The first-order valence-corrected chi connectivity index (χ1v) is 14.2. The van der Waals surface area contributed by atoms with Crippen molar-refractivity contribution in [2.75, 3.05) is 19.6 Å². The van der Waals surface area contributed by atoms with Gasteiger partial charge in [-0.15, -0.1) is 0 Å². The van der Waals surface area contributed by atoms with Gasteiger partial charge in [-0.25, -0.2) is 0 Å². The summed E-state index contributed by atoms with van der Waals surface area (Å²) in [6.45, 7) is 10.6. The minimum absolute atomic E-state index is 0.230. The largest absolute Gasteiger partial charge is 0.380 e. The fourth-order valence-corrected chi connectivity index (χ4v) is 6.93. The second-order valence-electron chi connectivity index (χ2n) is 11.5. The molecule has 4 aromatic rings. The van der Waals surface area contributed by atoms with Crippen LogP contribution in [0, 0.1) is 0 Å². The summed E-state index contributed by atoms with van der Waals surface area (Å²) < 4.78 is 0. The van der Waals surface area contributed by atoms with Crippen molar-refractivity contribution in [3.8, 4) is 0 Å². The number of benzene rings is 3. The van der Waals surface area contributed by atoms with Crippen LogP contribution in [0.25, 0.3) is 16.6 Å². The second-order valence-corrected chi connectivity index (χ2v) is 11.5. The summed E-state index contributed by atoms with van der Waals surface area (Å²) >= 11 is 0. The van der Waals surface area contributed by atoms with E-state index < -0.39 is 0 Å². The van der Waals surface area contributed by atoms with Gasteiger partial charge in [0.05, 0.1) is 0 Å². The highest BCUT2D eigenvalue weighted by Gasteiger charge is 2.41. The molecule has 2 atom stereocenters. The van der Waals surface area contributed by atoms with E-state index in [1.54, 1.807) is 11.1 Å². The number of aromatic amines is 1. The van der Waals surface area contributed by atoms with Gasteiger partial charge in [0, 0.05) is 47.8 Å². The summed E-state index contributed by atoms with van der Waals surface area (Å²) in [7, 11) is 0. The lowest BCUT2D eigenvalue weighted by Crippen LogP contribution is -2.48. The number of fused-ring (bicyclic) bond motifs is 3. The van der Waals surface area contributed by atoms with Crippen LogP contribution in [-0.4, -0.2) is 35.6 Å². The molecule has 0 bridgehead atoms. The molecule has 3 aromatic carbocycles. The Kier molecular flexibility index (Phi) is 6.86. The molecule has 38 heavy (non-hydrogen) atoms. The molecule has 1 fully saturated rings. The maximum atomic E-state index is 5.93. The number of nitrogens with two attached hydrogens (primary N) is 1. The summed E-state index contributed by atoms with van der Waals surface area (Å²) in [5, 5.41) is 5.18. The smallest absolute Gasteiger partial charge is 0.0456 e. The van der Waals surface area contributed by atoms with E-state index in [-0.39, 0.29) is 6.04 Å². The molecule has 1 aliphatic heterocycles. The monoisotopic (exact) mass is 504 g/mol. The van der Waals surface area contributed by atoms with Crippen molar-refractivity contribution in [3.05, 3.63) is 113 Å². The van der Waals surface area contributed by atoms with E-state index in [9.17, 15) is 0 Å². The van der Waals surface area contributed by atoms with Gasteiger partial charge in [0.15, 0.2) is 0 Å². The van der Waals surface area contributed by atoms with Crippen LogP contribution >= 0.6 is 0 Å². The molecule has 2 heterocycles. The number of rotatable bonds is 8. The molecule has 6 rings (SSSR count). The molecule has 196 valence electrons. The lowest BCUT2D eigenvalue weighted by Gasteiger charge is -2.42. The summed E-state index contributed by atoms with van der Waals surface area (Å²) in [5.41, 5.74) is 15.3. The van der Waals surface area contributed by atoms with E-state index in [2.05, 4.69) is 108 Å². The van der Waals surface area contributed by atoms with Crippen molar-refractivity contribution in [2.45, 2.75) is 56.5 Å². The summed E-state index contributed by atoms with van der Waals surface area (Å²) in [6, 6.07) is 26.5. The van der Waals surface area contributed by atoms with Gasteiger partial charge in [-0.3, -0.25) is 0 Å². The van der Waals surface area contributed by atoms with Gasteiger partial charge in [-0.1, -0.05) is 74.2 Å². The Bertz CT molecular complexity index is 1430. The quantitative estimate of drug-likeness (QED) is 0.262. The number of nitrogens with zero attached hydrogens (tertiary/aromatic N) is 1. The first-order valence-electron chi connectivity index (χ1n) is 14.2. The molecule has 4 N–H and O–H groups in total. The van der Waals surface area contributed by atoms with Gasteiger partial charge in [0.25, 0.3) is 0 Å². The number of para-hydroxylation sites is 1. The van der Waals surface area contributed by atoms with Crippen molar-refractivity contribution < 1.29 is 0 Å². The second kappa shape index (κ2) is 10.4. The van der Waals surface area contributed by atoms with Crippen LogP contribution in [0.2, 0.25) is 0 Å². The van der Waals surface area contributed by atoms with E-state index in [0.29, 0.717) is 17.9 Å². The summed E-state index contributed by atoms with van der Waals surface area (Å²) in [4.78, 5) is 6.17. The molecule has 0 saturated carbocycles. The van der Waals surface area contributed by atoms with Gasteiger partial charge in [0.1, 0.15) is 0 Å². The molecule has 1 aliphatic carbocycles. The fraction of sp³-hybridized carbons (Fsp3) is 0.353. The van der Waals surface area contributed by atoms with Gasteiger partial charge < -0.3 is 20.9 Å². The number of hydrogen-bond donors (Lipinski definition) is 3. The van der Waals surface area contributed by atoms with Crippen molar-refractivity contribution in [1.29, 1.82) is 0 Å². The van der Waals surface area contributed by atoms with Crippen LogP contribution < -0.4 is 11.1 Å². The third-order valence-corrected chi connectivity index (χ3v) is 9.32. The van der Waals surface area contributed by atoms with Crippen LogP contribution in [-0.2, 0) is 18.4 Å². The third-order valence-electron chi connectivity index (χ3n) is 9.32. The summed E-state index contributed by atoms with van der Waals surface area (Å²) in [6.07, 6.45) is 7.24. The predicted molar refractivity (Wildman–Crippen MR) is 159 cm³/mol. The number of H-pyrrole nitrogens is 1. The van der Waals surface area contributed by atoms with Crippen LogP contribution in [0.15, 0.2) is 85.6 Å². The Morgan fingerprint density at radius 2 is 1.82 bits per heavy atom. The standard InChI is InChI=1S/C34H40N4/c1-24(30-22-36-32-13-6-4-11-29(30)32)33(37-25(2)28-10-7-8-26(20-28)21-35)23-38-18-16-34(17-19-38)15-14-27-9-3-5-12-31(27)34/h3-13,20,22,24,33,36-37H,2,14-19,21,23,35H2,1H3/t24-,33+/m1/s1. The first kappa shape index (κ1) is 25.0. The molecule has 1 saturated heterocycles. The van der Waals surface area contributed by atoms with E-state index in [0.717, 1.165) is 36.5 Å². The number of hydrogen-bond acceptors (Lipinski definition) is 3. The molecule has 1 aromatic heterocycles. The highest BCUT2D eigenvalue weighted by molar-refractivity contribution is 5.83. The Labute approximate surface area is 226 Å². The number of piperidine rings is 1. The van der Waals surface area contributed by atoms with E-state index >= 15 is 0 Å². The van der Waals surface area contributed by atoms with Crippen LogP contribution in [0.3, 0.4) is 0 Å². The van der Waals surface area contributed by atoms with Crippen LogP contribution in [0.5, 0.6) is 0 Å². The topological polar surface area (TPSA) is 57.1 Å². The minimum Gasteiger partial charge on any atom is -0.380 e. The number of aromatic nitrogens is 1. The molecule has 0 unspecified atom stereocenters. The predicted octanol–water partition coefficient (Wildman–Crippen LogP) is 6.34. The zero-order valence-corrected chi connectivity index (χ0v) is 22.5. The Balaban J connectivity index is 1.22. The zero-order chi connectivity index (χ0) is 26.1. The average molecular weight is 505 g/mol. The SMILES string of the molecule is C=C(N[C@@H](CN1CCC2(CCc3ccccc32)CC1)[C@H](C)c1c[nH]c2ccccc12)c1cccc(CN)c1. The maximum absolute atomic E-state index is 5.93. The lowest BCUT2D eigenvalue weighted by atomic mass is 9.73. The normalized spacial score (nSPS) is 18.4. The molecule has 4 heteroatoms. The minimum atomic E-state index is 0.230. The van der Waals surface area contributed by atoms with Gasteiger partial charge in [-0.05, 0) is 84.1 Å².